The van der Waals surface area contributed by atoms with E-state index in [1.165, 1.54) is 0 Å². The Morgan fingerprint density at radius 3 is 2.47 bits per heavy atom. The van der Waals surface area contributed by atoms with Gasteiger partial charge in [-0.15, -0.1) is 5.48 Å². The molecule has 2 rings (SSSR count). The summed E-state index contributed by atoms with van der Waals surface area (Å²) in [6, 6.07) is 12.0. The largest absolute Gasteiger partial charge is 0.368 e. The molecule has 1 aromatic carbocycles. The van der Waals surface area contributed by atoms with E-state index in [1.54, 1.807) is 18.5 Å². The predicted octanol–water partition coefficient (Wildman–Crippen LogP) is 1.56. The minimum atomic E-state index is 0.327. The van der Waals surface area contributed by atoms with Gasteiger partial charge in [0.05, 0.1) is 6.54 Å². The maximum atomic E-state index is 5.14. The minimum Gasteiger partial charge on any atom is -0.368 e. The first-order chi connectivity index (χ1) is 7.45. The monoisotopic (exact) mass is 201 g/mol. The molecular weight excluding hydrogens is 190 g/mol. The molecule has 0 saturated carbocycles. The van der Waals surface area contributed by atoms with Gasteiger partial charge in [-0.2, -0.15) is 0 Å². The second kappa shape index (κ2) is 5.07. The summed E-state index contributed by atoms with van der Waals surface area (Å²) in [5.41, 5.74) is 3.94. The molecular formula is C11H11N3O. The molecule has 0 fully saturated rings. The summed E-state index contributed by atoms with van der Waals surface area (Å²) in [6.45, 7) is 0.624. The third kappa shape index (κ3) is 3.03. The molecule has 0 aliphatic heterocycles. The summed E-state index contributed by atoms with van der Waals surface area (Å²) < 4.78 is 0. The number of rotatable bonds is 4. The Morgan fingerprint density at radius 1 is 1.00 bits per heavy atom. The third-order valence-corrected chi connectivity index (χ3v) is 1.82. The van der Waals surface area contributed by atoms with E-state index in [0.29, 0.717) is 12.6 Å². The van der Waals surface area contributed by atoms with Crippen molar-refractivity contribution in [3.8, 4) is 6.01 Å². The number of benzene rings is 1. The average molecular weight is 201 g/mol. The van der Waals surface area contributed by atoms with Crippen LogP contribution >= 0.6 is 0 Å². The second-order valence-corrected chi connectivity index (χ2v) is 2.94. The van der Waals surface area contributed by atoms with Crippen LogP contribution in [0.5, 0.6) is 6.01 Å². The van der Waals surface area contributed by atoms with Crippen LogP contribution in [0.4, 0.5) is 0 Å². The molecule has 0 unspecified atom stereocenters. The van der Waals surface area contributed by atoms with Gasteiger partial charge in [0.2, 0.25) is 0 Å². The summed E-state index contributed by atoms with van der Waals surface area (Å²) in [7, 11) is 0. The third-order valence-electron chi connectivity index (χ3n) is 1.82. The quantitative estimate of drug-likeness (QED) is 0.762. The normalized spacial score (nSPS) is 9.87. The van der Waals surface area contributed by atoms with Crippen molar-refractivity contribution < 1.29 is 4.84 Å². The van der Waals surface area contributed by atoms with Gasteiger partial charge in [-0.25, -0.2) is 9.97 Å². The molecule has 0 radical (unpaired) electrons. The van der Waals surface area contributed by atoms with Crippen LogP contribution in [0.15, 0.2) is 48.8 Å². The Morgan fingerprint density at radius 2 is 1.73 bits per heavy atom. The van der Waals surface area contributed by atoms with Crippen LogP contribution in [-0.4, -0.2) is 9.97 Å². The lowest BCUT2D eigenvalue weighted by Crippen LogP contribution is -2.18. The fraction of sp³-hybridized carbons (Fsp3) is 0.0909. The SMILES string of the molecule is c1ccc(CNOc2ncccn2)cc1. The molecule has 0 aliphatic rings. The molecule has 1 heterocycles. The topological polar surface area (TPSA) is 47.0 Å². The van der Waals surface area contributed by atoms with Crippen LogP contribution in [0.3, 0.4) is 0 Å². The van der Waals surface area contributed by atoms with E-state index in [-0.39, 0.29) is 0 Å². The van der Waals surface area contributed by atoms with E-state index in [1.807, 2.05) is 30.3 Å². The van der Waals surface area contributed by atoms with E-state index in [0.717, 1.165) is 5.56 Å². The predicted molar refractivity (Wildman–Crippen MR) is 55.9 cm³/mol. The van der Waals surface area contributed by atoms with Crippen molar-refractivity contribution in [3.05, 3.63) is 54.4 Å². The molecule has 0 saturated heterocycles. The number of hydroxylamine groups is 1. The number of nitrogens with zero attached hydrogens (tertiary/aromatic N) is 2. The highest BCUT2D eigenvalue weighted by Crippen LogP contribution is 1.99. The van der Waals surface area contributed by atoms with Crippen LogP contribution in [-0.2, 0) is 6.54 Å². The van der Waals surface area contributed by atoms with Crippen molar-refractivity contribution in [2.75, 3.05) is 0 Å². The highest BCUT2D eigenvalue weighted by Gasteiger charge is 1.94. The summed E-state index contributed by atoms with van der Waals surface area (Å²) in [5.74, 6) is 0. The van der Waals surface area contributed by atoms with E-state index in [2.05, 4.69) is 15.4 Å². The van der Waals surface area contributed by atoms with E-state index in [9.17, 15) is 0 Å². The van der Waals surface area contributed by atoms with Gasteiger partial charge in [0.1, 0.15) is 0 Å². The van der Waals surface area contributed by atoms with Gasteiger partial charge >= 0.3 is 6.01 Å². The standard InChI is InChI=1S/C11H11N3O/c1-2-5-10(6-3-1)9-14-15-11-12-7-4-8-13-11/h1-8,14H,9H2. The van der Waals surface area contributed by atoms with Crippen molar-refractivity contribution in [2.45, 2.75) is 6.54 Å². The van der Waals surface area contributed by atoms with E-state index < -0.39 is 0 Å². The zero-order valence-electron chi connectivity index (χ0n) is 8.13. The molecule has 1 N–H and O–H groups in total. The molecule has 4 heteroatoms. The van der Waals surface area contributed by atoms with Crippen LogP contribution in [0.1, 0.15) is 5.56 Å². The highest BCUT2D eigenvalue weighted by atomic mass is 16.7. The average Bonchev–Trinajstić information content (AvgIpc) is 2.32. The summed E-state index contributed by atoms with van der Waals surface area (Å²) in [5, 5.41) is 0. The van der Waals surface area contributed by atoms with Crippen molar-refractivity contribution in [2.24, 2.45) is 0 Å². The molecule has 4 nitrogen and oxygen atoms in total. The van der Waals surface area contributed by atoms with Gasteiger partial charge < -0.3 is 4.84 Å². The van der Waals surface area contributed by atoms with Crippen molar-refractivity contribution in [1.82, 2.24) is 15.4 Å². The van der Waals surface area contributed by atoms with Gasteiger partial charge in [0.25, 0.3) is 0 Å². The highest BCUT2D eigenvalue weighted by molar-refractivity contribution is 5.13. The molecule has 76 valence electrons. The number of nitrogens with one attached hydrogen (secondary N) is 1. The fourth-order valence-electron chi connectivity index (χ4n) is 1.12. The van der Waals surface area contributed by atoms with Crippen molar-refractivity contribution >= 4 is 0 Å². The van der Waals surface area contributed by atoms with Crippen molar-refractivity contribution in [1.29, 1.82) is 0 Å². The Labute approximate surface area is 87.9 Å². The fourth-order valence-corrected chi connectivity index (χ4v) is 1.12. The second-order valence-electron chi connectivity index (χ2n) is 2.94. The zero-order valence-corrected chi connectivity index (χ0v) is 8.13. The number of aromatic nitrogens is 2. The Hall–Kier alpha value is -1.94. The van der Waals surface area contributed by atoms with Gasteiger partial charge in [-0.1, -0.05) is 30.3 Å². The molecule has 0 atom stereocenters. The van der Waals surface area contributed by atoms with E-state index in [4.69, 9.17) is 4.84 Å². The van der Waals surface area contributed by atoms with Crippen LogP contribution < -0.4 is 10.3 Å². The summed E-state index contributed by atoms with van der Waals surface area (Å²) in [6.07, 6.45) is 3.26. The zero-order chi connectivity index (χ0) is 10.3. The Bertz CT molecular complexity index is 352. The molecule has 0 aliphatic carbocycles. The Kier molecular flexibility index (Phi) is 3.25. The van der Waals surface area contributed by atoms with Crippen LogP contribution in [0.25, 0.3) is 0 Å². The van der Waals surface area contributed by atoms with Crippen molar-refractivity contribution in [3.63, 3.8) is 0 Å². The molecule has 15 heavy (non-hydrogen) atoms. The lowest BCUT2D eigenvalue weighted by molar-refractivity contribution is 0.173. The molecule has 1 aromatic heterocycles. The molecule has 0 bridgehead atoms. The van der Waals surface area contributed by atoms with Gasteiger partial charge in [0.15, 0.2) is 0 Å². The molecule has 0 spiro atoms. The van der Waals surface area contributed by atoms with Gasteiger partial charge in [0, 0.05) is 12.4 Å². The first-order valence-electron chi connectivity index (χ1n) is 4.66. The molecule has 2 aromatic rings. The van der Waals surface area contributed by atoms with Gasteiger partial charge in [-0.3, -0.25) is 0 Å². The van der Waals surface area contributed by atoms with Gasteiger partial charge in [-0.05, 0) is 11.6 Å². The van der Waals surface area contributed by atoms with Crippen LogP contribution in [0.2, 0.25) is 0 Å². The number of hydrogen-bond acceptors (Lipinski definition) is 4. The first kappa shape index (κ1) is 9.61. The maximum Gasteiger partial charge on any atom is 0.335 e. The first-order valence-corrected chi connectivity index (χ1v) is 4.66. The van der Waals surface area contributed by atoms with Crippen LogP contribution in [0, 0.1) is 0 Å². The van der Waals surface area contributed by atoms with E-state index >= 15 is 0 Å². The Balaban J connectivity index is 1.81. The maximum absolute atomic E-state index is 5.14. The molecule has 0 amide bonds. The number of hydrogen-bond donors (Lipinski definition) is 1. The lowest BCUT2D eigenvalue weighted by Gasteiger charge is -2.04. The summed E-state index contributed by atoms with van der Waals surface area (Å²) >= 11 is 0. The lowest BCUT2D eigenvalue weighted by atomic mass is 10.2. The summed E-state index contributed by atoms with van der Waals surface area (Å²) in [4.78, 5) is 13.0. The minimum absolute atomic E-state index is 0.327. The smallest absolute Gasteiger partial charge is 0.335 e.